The van der Waals surface area contributed by atoms with E-state index in [2.05, 4.69) is 26.7 Å². The molecule has 0 aliphatic heterocycles. The first-order valence-corrected chi connectivity index (χ1v) is 15.3. The van der Waals surface area contributed by atoms with Crippen molar-refractivity contribution >= 4 is 21.9 Å². The van der Waals surface area contributed by atoms with Gasteiger partial charge >= 0.3 is 5.97 Å². The first-order chi connectivity index (χ1) is 18.2. The number of hydrogen-bond donors (Lipinski definition) is 0. The predicted octanol–water partition coefficient (Wildman–Crippen LogP) is 5.10. The second-order valence-corrected chi connectivity index (χ2v) is 14.2. The molecule has 1 aromatic carbocycles. The molecule has 8 heteroatoms. The summed E-state index contributed by atoms with van der Waals surface area (Å²) in [5.74, 6) is 2.00. The van der Waals surface area contributed by atoms with Crippen LogP contribution in [-0.4, -0.2) is 46.1 Å². The summed E-state index contributed by atoms with van der Waals surface area (Å²) < 4.78 is 42.7. The molecule has 7 nitrogen and oxygen atoms in total. The Morgan fingerprint density at radius 3 is 2.38 bits per heavy atom. The number of aryl methyl sites for hydroxylation is 1. The number of methoxy groups -OCH3 is 1. The van der Waals surface area contributed by atoms with Crippen molar-refractivity contribution in [2.24, 2.45) is 34.0 Å². The van der Waals surface area contributed by atoms with Gasteiger partial charge in [-0.25, -0.2) is 4.79 Å². The van der Waals surface area contributed by atoms with E-state index in [0.717, 1.165) is 31.2 Å². The number of terminal acetylenes is 1. The molecule has 0 spiro atoms. The molecule has 2 bridgehead atoms. The van der Waals surface area contributed by atoms with Crippen LogP contribution in [0.5, 0.6) is 0 Å². The molecule has 3 aliphatic carbocycles. The van der Waals surface area contributed by atoms with Gasteiger partial charge in [-0.1, -0.05) is 45.4 Å². The Labute approximate surface area is 233 Å². The van der Waals surface area contributed by atoms with Crippen molar-refractivity contribution in [3.8, 4) is 12.3 Å². The fraction of sp³-hybridized carbons (Fsp3) is 0.677. The van der Waals surface area contributed by atoms with E-state index in [9.17, 15) is 18.0 Å². The standard InChI is InChI=1S/C31H42O7S/c1-8-15-29(5)18-25(38-26(32)19-37-39(34,35)23-11-9-20(2)10-12-23)30(6)21(3)13-16-31(22(4)28(29)33)17-14-24(36-7)27(30)31/h1,9-12,21-22,24-25,27H,13-19H2,2-7H3/t21-,22+,24-,25-,27-,29-,30+,31+/m1/s1. The molecule has 3 aliphatic rings. The van der Waals surface area contributed by atoms with Gasteiger partial charge in [0.1, 0.15) is 11.9 Å². The molecule has 4 rings (SSSR count). The van der Waals surface area contributed by atoms with E-state index < -0.39 is 39.6 Å². The van der Waals surface area contributed by atoms with Crippen molar-refractivity contribution in [2.75, 3.05) is 13.7 Å². The van der Waals surface area contributed by atoms with Gasteiger partial charge in [0.15, 0.2) is 6.61 Å². The molecule has 0 unspecified atom stereocenters. The molecule has 3 fully saturated rings. The molecular weight excluding hydrogens is 516 g/mol. The van der Waals surface area contributed by atoms with E-state index in [-0.39, 0.29) is 52.8 Å². The van der Waals surface area contributed by atoms with Gasteiger partial charge in [0.05, 0.1) is 11.0 Å². The number of Topliss-reactive ketones (excluding diaryl/α,β-unsaturated/α-hetero) is 1. The summed E-state index contributed by atoms with van der Waals surface area (Å²) in [5, 5.41) is 0. The van der Waals surface area contributed by atoms with Gasteiger partial charge in [0, 0.05) is 36.2 Å². The number of ether oxygens (including phenoxy) is 2. The molecule has 0 saturated heterocycles. The Morgan fingerprint density at radius 1 is 1.13 bits per heavy atom. The van der Waals surface area contributed by atoms with Gasteiger partial charge < -0.3 is 9.47 Å². The van der Waals surface area contributed by atoms with Crippen LogP contribution in [0.15, 0.2) is 29.2 Å². The van der Waals surface area contributed by atoms with Gasteiger partial charge in [0.25, 0.3) is 10.1 Å². The van der Waals surface area contributed by atoms with Gasteiger partial charge in [-0.2, -0.15) is 8.42 Å². The van der Waals surface area contributed by atoms with Crippen molar-refractivity contribution in [3.63, 3.8) is 0 Å². The Balaban J connectivity index is 1.69. The van der Waals surface area contributed by atoms with Crippen molar-refractivity contribution in [1.82, 2.24) is 0 Å². The lowest BCUT2D eigenvalue weighted by Gasteiger charge is -2.61. The first-order valence-electron chi connectivity index (χ1n) is 13.9. The SMILES string of the molecule is C#CC[C@]1(C)C[C@@H](OC(=O)COS(=O)(=O)c2ccc(C)cc2)[C@]2(C)[C@H](C)CC[C@]3(CC[C@@H](OC)[C@@H]32)[C@@H](C)C1=O. The average molecular weight is 559 g/mol. The zero-order valence-electron chi connectivity index (χ0n) is 24.0. The number of carbonyl (C=O) groups is 2. The number of hydrogen-bond acceptors (Lipinski definition) is 7. The summed E-state index contributed by atoms with van der Waals surface area (Å²) in [6.07, 6.45) is 9.05. The highest BCUT2D eigenvalue weighted by molar-refractivity contribution is 7.86. The van der Waals surface area contributed by atoms with Crippen molar-refractivity contribution in [3.05, 3.63) is 29.8 Å². The fourth-order valence-electron chi connectivity index (χ4n) is 8.14. The minimum atomic E-state index is -4.15. The molecule has 0 N–H and O–H groups in total. The molecule has 39 heavy (non-hydrogen) atoms. The molecule has 0 amide bonds. The minimum absolute atomic E-state index is 0.00287. The predicted molar refractivity (Wildman–Crippen MR) is 147 cm³/mol. The summed E-state index contributed by atoms with van der Waals surface area (Å²) in [6, 6.07) is 6.22. The number of esters is 1. The fourth-order valence-corrected chi connectivity index (χ4v) is 9.00. The highest BCUT2D eigenvalue weighted by Crippen LogP contribution is 2.68. The number of ketones is 1. The maximum Gasteiger partial charge on any atom is 0.333 e. The maximum absolute atomic E-state index is 14.1. The van der Waals surface area contributed by atoms with Gasteiger partial charge in [-0.3, -0.25) is 8.98 Å². The van der Waals surface area contributed by atoms with Crippen LogP contribution in [-0.2, 0) is 33.4 Å². The number of benzene rings is 1. The Bertz CT molecular complexity index is 1250. The zero-order chi connectivity index (χ0) is 28.8. The zero-order valence-corrected chi connectivity index (χ0v) is 24.8. The van der Waals surface area contributed by atoms with Gasteiger partial charge in [-0.15, -0.1) is 12.3 Å². The summed E-state index contributed by atoms with van der Waals surface area (Å²) in [5.41, 5.74) is -0.754. The Morgan fingerprint density at radius 2 is 1.77 bits per heavy atom. The summed E-state index contributed by atoms with van der Waals surface area (Å²) >= 11 is 0. The van der Waals surface area contributed by atoms with Crippen LogP contribution in [0.1, 0.15) is 71.8 Å². The van der Waals surface area contributed by atoms with Gasteiger partial charge in [-0.05, 0) is 62.5 Å². The summed E-state index contributed by atoms with van der Waals surface area (Å²) in [4.78, 5) is 27.3. The van der Waals surface area contributed by atoms with Crippen molar-refractivity contribution < 1.29 is 31.7 Å². The third-order valence-electron chi connectivity index (χ3n) is 10.6. The summed E-state index contributed by atoms with van der Waals surface area (Å²) in [6.45, 7) is 9.37. The van der Waals surface area contributed by atoms with Crippen LogP contribution in [0.2, 0.25) is 0 Å². The molecule has 8 atom stereocenters. The lowest BCUT2D eigenvalue weighted by Crippen LogP contribution is -2.63. The lowest BCUT2D eigenvalue weighted by atomic mass is 9.44. The number of carbonyl (C=O) groups excluding carboxylic acids is 2. The van der Waals surface area contributed by atoms with Crippen LogP contribution in [0.4, 0.5) is 0 Å². The van der Waals surface area contributed by atoms with Crippen LogP contribution >= 0.6 is 0 Å². The maximum atomic E-state index is 14.1. The van der Waals surface area contributed by atoms with E-state index in [1.54, 1.807) is 19.2 Å². The van der Waals surface area contributed by atoms with Crippen LogP contribution in [0.25, 0.3) is 0 Å². The lowest BCUT2D eigenvalue weighted by molar-refractivity contribution is -0.207. The third-order valence-corrected chi connectivity index (χ3v) is 11.8. The average Bonchev–Trinajstić information content (AvgIpc) is 3.29. The normalized spacial score (nSPS) is 38.3. The van der Waals surface area contributed by atoms with Crippen LogP contribution < -0.4 is 0 Å². The van der Waals surface area contributed by atoms with Crippen molar-refractivity contribution in [1.29, 1.82) is 0 Å². The van der Waals surface area contributed by atoms with Gasteiger partial charge in [0.2, 0.25) is 0 Å². The Kier molecular flexibility index (Phi) is 8.12. The summed E-state index contributed by atoms with van der Waals surface area (Å²) in [7, 11) is -2.43. The molecule has 0 aromatic heterocycles. The number of rotatable bonds is 7. The van der Waals surface area contributed by atoms with Crippen molar-refractivity contribution in [2.45, 2.75) is 90.2 Å². The molecule has 214 valence electrons. The second-order valence-electron chi connectivity index (χ2n) is 12.6. The molecule has 0 heterocycles. The molecular formula is C31H42O7S. The van der Waals surface area contributed by atoms with E-state index in [1.165, 1.54) is 12.1 Å². The highest BCUT2D eigenvalue weighted by Gasteiger charge is 2.68. The monoisotopic (exact) mass is 558 g/mol. The molecule has 1 aromatic rings. The van der Waals surface area contributed by atoms with E-state index >= 15 is 0 Å². The highest BCUT2D eigenvalue weighted by atomic mass is 32.2. The third kappa shape index (κ3) is 4.96. The van der Waals surface area contributed by atoms with E-state index in [1.807, 2.05) is 13.8 Å². The smallest absolute Gasteiger partial charge is 0.333 e. The second kappa shape index (κ2) is 10.6. The minimum Gasteiger partial charge on any atom is -0.460 e. The van der Waals surface area contributed by atoms with E-state index in [4.69, 9.17) is 20.1 Å². The quantitative estimate of drug-likeness (QED) is 0.261. The van der Waals surface area contributed by atoms with Crippen LogP contribution in [0.3, 0.4) is 0 Å². The first kappa shape index (κ1) is 29.8. The molecule has 0 radical (unpaired) electrons. The Hall–Kier alpha value is -2.21. The largest absolute Gasteiger partial charge is 0.460 e. The molecule has 3 saturated carbocycles. The van der Waals surface area contributed by atoms with E-state index in [0.29, 0.717) is 0 Å². The van der Waals surface area contributed by atoms with Crippen LogP contribution in [0, 0.1) is 53.3 Å². The topological polar surface area (TPSA) is 96.0 Å².